The molecule has 0 saturated heterocycles. The van der Waals surface area contributed by atoms with Gasteiger partial charge in [-0.15, -0.1) is 0 Å². The molecule has 5 nitrogen and oxygen atoms in total. The Kier molecular flexibility index (Phi) is 3.60. The van der Waals surface area contributed by atoms with Crippen LogP contribution in [0, 0.1) is 0 Å². The fourth-order valence-corrected chi connectivity index (χ4v) is 0.335. The molecule has 0 radical (unpaired) electrons. The average molecular weight is 148 g/mol. The summed E-state index contributed by atoms with van der Waals surface area (Å²) in [5, 5.41) is 17.1. The molecular weight excluding hydrogens is 140 g/mol. The Hall–Kier alpha value is -0.940. The molecule has 10 heavy (non-hydrogen) atoms. The number of methoxy groups -OCH3 is 1. The van der Waals surface area contributed by atoms with Gasteiger partial charge in [0, 0.05) is 0 Å². The van der Waals surface area contributed by atoms with Crippen molar-refractivity contribution in [3.8, 4) is 0 Å². The minimum Gasteiger partial charge on any atom is -0.467 e. The van der Waals surface area contributed by atoms with E-state index in [0.717, 1.165) is 7.11 Å². The van der Waals surface area contributed by atoms with Gasteiger partial charge in [0.1, 0.15) is 6.10 Å². The number of carbonyl (C=O) groups excluding carboxylic acids is 2. The van der Waals surface area contributed by atoms with E-state index in [1.807, 2.05) is 0 Å². The van der Waals surface area contributed by atoms with E-state index >= 15 is 0 Å². The molecule has 0 amide bonds. The van der Waals surface area contributed by atoms with Gasteiger partial charge in [-0.1, -0.05) is 0 Å². The molecule has 2 N–H and O–H groups in total. The number of aliphatic hydroxyl groups excluding tert-OH is 2. The van der Waals surface area contributed by atoms with Crippen LogP contribution in [-0.4, -0.2) is 41.8 Å². The Morgan fingerprint density at radius 2 is 2.10 bits per heavy atom. The highest BCUT2D eigenvalue weighted by atomic mass is 16.5. The van der Waals surface area contributed by atoms with E-state index in [1.165, 1.54) is 0 Å². The first kappa shape index (κ1) is 9.06. The molecule has 5 heteroatoms. The standard InChI is InChI=1S/C5H8O5/c1-10-5(9)4(8)3(7)2-6/h2-4,7-8H,1H3/t3-,4-/m0/s1. The number of aliphatic hydroxyl groups is 2. The second kappa shape index (κ2) is 3.97. The lowest BCUT2D eigenvalue weighted by Gasteiger charge is -2.08. The lowest BCUT2D eigenvalue weighted by atomic mass is 10.2. The van der Waals surface area contributed by atoms with Gasteiger partial charge in [-0.05, 0) is 0 Å². The Labute approximate surface area is 57.2 Å². The Balaban J connectivity index is 3.93. The van der Waals surface area contributed by atoms with Gasteiger partial charge in [0.15, 0.2) is 12.4 Å². The van der Waals surface area contributed by atoms with Gasteiger partial charge in [-0.3, -0.25) is 0 Å². The van der Waals surface area contributed by atoms with E-state index in [1.54, 1.807) is 0 Å². The largest absolute Gasteiger partial charge is 0.467 e. The first-order valence-corrected chi connectivity index (χ1v) is 2.52. The van der Waals surface area contributed by atoms with Gasteiger partial charge in [-0.25, -0.2) is 4.79 Å². The Bertz CT molecular complexity index is 132. The number of hydrogen-bond acceptors (Lipinski definition) is 5. The molecular formula is C5H8O5. The molecule has 0 bridgehead atoms. The number of carbonyl (C=O) groups is 2. The zero-order valence-electron chi connectivity index (χ0n) is 5.35. The molecule has 0 spiro atoms. The molecule has 58 valence electrons. The molecule has 0 saturated carbocycles. The molecule has 0 fully saturated rings. The highest BCUT2D eigenvalue weighted by Gasteiger charge is 2.23. The van der Waals surface area contributed by atoms with Crippen LogP contribution >= 0.6 is 0 Å². The van der Waals surface area contributed by atoms with Crippen LogP contribution in [0.5, 0.6) is 0 Å². The van der Waals surface area contributed by atoms with Crippen LogP contribution in [-0.2, 0) is 14.3 Å². The second-order valence-corrected chi connectivity index (χ2v) is 1.59. The van der Waals surface area contributed by atoms with Gasteiger partial charge in [0.2, 0.25) is 0 Å². The minimum atomic E-state index is -1.78. The first-order chi connectivity index (χ1) is 4.63. The van der Waals surface area contributed by atoms with E-state index in [9.17, 15) is 9.59 Å². The summed E-state index contributed by atoms with van der Waals surface area (Å²) in [6.45, 7) is 0. The first-order valence-electron chi connectivity index (χ1n) is 2.52. The molecule has 0 aromatic heterocycles. The average Bonchev–Trinajstić information content (AvgIpc) is 2.00. The van der Waals surface area contributed by atoms with Gasteiger partial charge in [-0.2, -0.15) is 0 Å². The van der Waals surface area contributed by atoms with Crippen molar-refractivity contribution >= 4 is 12.3 Å². The summed E-state index contributed by atoms with van der Waals surface area (Å²) in [5.74, 6) is -1.03. The van der Waals surface area contributed by atoms with E-state index in [0.29, 0.717) is 0 Å². The van der Waals surface area contributed by atoms with Crippen molar-refractivity contribution in [1.29, 1.82) is 0 Å². The van der Waals surface area contributed by atoms with Crippen LogP contribution in [0.15, 0.2) is 0 Å². The number of esters is 1. The maximum absolute atomic E-state index is 10.3. The normalized spacial score (nSPS) is 15.5. The van der Waals surface area contributed by atoms with Crippen molar-refractivity contribution in [1.82, 2.24) is 0 Å². The molecule has 0 aliphatic heterocycles. The smallest absolute Gasteiger partial charge is 0.337 e. The number of rotatable bonds is 3. The molecule has 0 aromatic carbocycles. The third-order valence-corrected chi connectivity index (χ3v) is 0.906. The Morgan fingerprint density at radius 1 is 1.60 bits per heavy atom. The van der Waals surface area contributed by atoms with E-state index in [4.69, 9.17) is 10.2 Å². The summed E-state index contributed by atoms with van der Waals surface area (Å²) in [5.41, 5.74) is 0. The number of aldehydes is 1. The van der Waals surface area contributed by atoms with Crippen molar-refractivity contribution in [3.63, 3.8) is 0 Å². The van der Waals surface area contributed by atoms with Crippen molar-refractivity contribution in [2.75, 3.05) is 7.11 Å². The minimum absolute atomic E-state index is 0.0571. The number of ether oxygens (including phenoxy) is 1. The molecule has 0 heterocycles. The quantitative estimate of drug-likeness (QED) is 0.360. The zero-order chi connectivity index (χ0) is 8.15. The molecule has 0 rings (SSSR count). The molecule has 0 aliphatic rings. The van der Waals surface area contributed by atoms with Crippen molar-refractivity contribution < 1.29 is 24.5 Å². The highest BCUT2D eigenvalue weighted by Crippen LogP contribution is 1.91. The van der Waals surface area contributed by atoms with Gasteiger partial charge >= 0.3 is 5.97 Å². The van der Waals surface area contributed by atoms with Crippen molar-refractivity contribution in [3.05, 3.63) is 0 Å². The maximum Gasteiger partial charge on any atom is 0.337 e. The summed E-state index contributed by atoms with van der Waals surface area (Å²) >= 11 is 0. The van der Waals surface area contributed by atoms with Gasteiger partial charge < -0.3 is 19.7 Å². The maximum atomic E-state index is 10.3. The molecule has 0 unspecified atom stereocenters. The van der Waals surface area contributed by atoms with Crippen LogP contribution in [0.4, 0.5) is 0 Å². The lowest BCUT2D eigenvalue weighted by Crippen LogP contribution is -2.35. The van der Waals surface area contributed by atoms with Crippen LogP contribution < -0.4 is 0 Å². The summed E-state index contributed by atoms with van der Waals surface area (Å²) in [7, 11) is 1.04. The lowest BCUT2D eigenvalue weighted by molar-refractivity contribution is -0.158. The summed E-state index contributed by atoms with van der Waals surface area (Å²) in [4.78, 5) is 20.1. The monoisotopic (exact) mass is 148 g/mol. The fourth-order valence-electron chi connectivity index (χ4n) is 0.335. The van der Waals surface area contributed by atoms with E-state index in [2.05, 4.69) is 4.74 Å². The number of hydrogen-bond donors (Lipinski definition) is 2. The second-order valence-electron chi connectivity index (χ2n) is 1.59. The predicted octanol–water partition coefficient (Wildman–Crippen LogP) is -1.92. The third kappa shape index (κ3) is 2.12. The van der Waals surface area contributed by atoms with E-state index in [-0.39, 0.29) is 6.29 Å². The van der Waals surface area contributed by atoms with Crippen molar-refractivity contribution in [2.24, 2.45) is 0 Å². The molecule has 2 atom stereocenters. The van der Waals surface area contributed by atoms with E-state index < -0.39 is 18.2 Å². The Morgan fingerprint density at radius 3 is 2.40 bits per heavy atom. The van der Waals surface area contributed by atoms with Crippen LogP contribution in [0.25, 0.3) is 0 Å². The van der Waals surface area contributed by atoms with Gasteiger partial charge in [0.25, 0.3) is 0 Å². The molecule has 0 aromatic rings. The van der Waals surface area contributed by atoms with Crippen LogP contribution in [0.2, 0.25) is 0 Å². The third-order valence-electron chi connectivity index (χ3n) is 0.906. The van der Waals surface area contributed by atoms with Gasteiger partial charge in [0.05, 0.1) is 7.11 Å². The summed E-state index contributed by atoms with van der Waals surface area (Å²) in [6, 6.07) is 0. The van der Waals surface area contributed by atoms with Crippen LogP contribution in [0.3, 0.4) is 0 Å². The molecule has 0 aliphatic carbocycles. The van der Waals surface area contributed by atoms with Crippen LogP contribution in [0.1, 0.15) is 0 Å². The zero-order valence-corrected chi connectivity index (χ0v) is 5.35. The SMILES string of the molecule is COC(=O)[C@@H](O)[C@@H](O)C=O. The topological polar surface area (TPSA) is 83.8 Å². The predicted molar refractivity (Wildman–Crippen MR) is 30.1 cm³/mol. The fraction of sp³-hybridized carbons (Fsp3) is 0.600. The summed E-state index contributed by atoms with van der Waals surface area (Å²) in [6.07, 6.45) is -3.42. The summed E-state index contributed by atoms with van der Waals surface area (Å²) < 4.78 is 4.03. The highest BCUT2D eigenvalue weighted by molar-refractivity contribution is 5.79. The van der Waals surface area contributed by atoms with Crippen molar-refractivity contribution in [2.45, 2.75) is 12.2 Å².